The summed E-state index contributed by atoms with van der Waals surface area (Å²) in [5, 5.41) is 11.0. The third-order valence-electron chi connectivity index (χ3n) is 7.56. The van der Waals surface area contributed by atoms with Gasteiger partial charge in [-0.05, 0) is 85.4 Å². The molecule has 7 heteroatoms. The van der Waals surface area contributed by atoms with E-state index in [1.807, 2.05) is 13.0 Å². The molecule has 1 N–H and O–H groups in total. The van der Waals surface area contributed by atoms with E-state index in [9.17, 15) is 23.1 Å². The minimum atomic E-state index is -4.50. The van der Waals surface area contributed by atoms with Gasteiger partial charge < -0.3 is 9.84 Å². The summed E-state index contributed by atoms with van der Waals surface area (Å²) in [6.07, 6.45) is 0.325. The predicted octanol–water partition coefficient (Wildman–Crippen LogP) is 7.62. The van der Waals surface area contributed by atoms with Gasteiger partial charge in [0.2, 0.25) is 0 Å². The number of ketones is 1. The second-order valence-corrected chi connectivity index (χ2v) is 9.68. The van der Waals surface area contributed by atoms with Crippen LogP contribution in [0.5, 0.6) is 11.5 Å². The number of Topliss-reactive ketones (excluding diaryl/α,β-unsaturated/α-hetero) is 1. The lowest BCUT2D eigenvalue weighted by Crippen LogP contribution is -2.41. The molecule has 0 spiro atoms. The van der Waals surface area contributed by atoms with Gasteiger partial charge in [0.25, 0.3) is 0 Å². The fourth-order valence-electron chi connectivity index (χ4n) is 6.00. The Bertz CT molecular complexity index is 1150. The number of fused-ring (bicyclic) bond motifs is 2. The predicted molar refractivity (Wildman–Crippen MR) is 119 cm³/mol. The summed E-state index contributed by atoms with van der Waals surface area (Å²) in [5.74, 6) is 1.05. The first kappa shape index (κ1) is 22.3. The van der Waals surface area contributed by atoms with Crippen molar-refractivity contribution in [2.75, 3.05) is 0 Å². The van der Waals surface area contributed by atoms with E-state index in [2.05, 4.69) is 0 Å². The largest absolute Gasteiger partial charge is 0.511 e. The highest BCUT2D eigenvalue weighted by Crippen LogP contribution is 2.57. The molecule has 3 fully saturated rings. The molecule has 4 aliphatic rings. The summed E-state index contributed by atoms with van der Waals surface area (Å²) in [6, 6.07) is 8.14. The molecule has 6 rings (SSSR count). The number of benzene rings is 2. The van der Waals surface area contributed by atoms with E-state index in [1.165, 1.54) is 6.07 Å². The molecule has 2 bridgehead atoms. The van der Waals surface area contributed by atoms with Gasteiger partial charge >= 0.3 is 6.18 Å². The number of hydrogen-bond acceptors (Lipinski definition) is 3. The summed E-state index contributed by atoms with van der Waals surface area (Å²) in [6.45, 7) is 1.97. The van der Waals surface area contributed by atoms with E-state index in [0.717, 1.165) is 43.4 Å². The van der Waals surface area contributed by atoms with Crippen molar-refractivity contribution in [1.82, 2.24) is 0 Å². The number of halogens is 4. The number of carbonyl (C=O) groups is 1. The zero-order valence-electron chi connectivity index (χ0n) is 18.1. The summed E-state index contributed by atoms with van der Waals surface area (Å²) < 4.78 is 44.6. The lowest BCUT2D eigenvalue weighted by Gasteiger charge is -2.44. The first-order valence-corrected chi connectivity index (χ1v) is 11.7. The van der Waals surface area contributed by atoms with E-state index in [0.29, 0.717) is 35.1 Å². The molecular formula is C26H24ClF3O3. The number of rotatable bonds is 4. The molecule has 0 aliphatic heterocycles. The first-order chi connectivity index (χ1) is 15.7. The van der Waals surface area contributed by atoms with Gasteiger partial charge in [0.1, 0.15) is 17.3 Å². The molecule has 33 heavy (non-hydrogen) atoms. The minimum absolute atomic E-state index is 0.00584. The van der Waals surface area contributed by atoms with Crippen molar-refractivity contribution < 1.29 is 27.8 Å². The Kier molecular flexibility index (Phi) is 5.47. The fourth-order valence-corrected chi connectivity index (χ4v) is 6.22. The van der Waals surface area contributed by atoms with Crippen molar-refractivity contribution in [3.05, 3.63) is 63.9 Å². The van der Waals surface area contributed by atoms with Crippen molar-refractivity contribution in [3.63, 3.8) is 0 Å². The van der Waals surface area contributed by atoms with Crippen molar-refractivity contribution in [2.45, 2.75) is 45.2 Å². The van der Waals surface area contributed by atoms with Gasteiger partial charge in [0.05, 0.1) is 16.2 Å². The second-order valence-electron chi connectivity index (χ2n) is 9.27. The topological polar surface area (TPSA) is 46.5 Å². The monoisotopic (exact) mass is 476 g/mol. The Morgan fingerprint density at radius 1 is 1.03 bits per heavy atom. The van der Waals surface area contributed by atoms with Crippen LogP contribution in [0.15, 0.2) is 42.2 Å². The lowest BCUT2D eigenvalue weighted by molar-refractivity contribution is -0.137. The number of alkyl halides is 3. The summed E-state index contributed by atoms with van der Waals surface area (Å²) in [7, 11) is 0. The summed E-state index contributed by atoms with van der Waals surface area (Å²) >= 11 is 6.05. The zero-order chi connectivity index (χ0) is 23.5. The number of carbonyl (C=O) groups excluding carboxylic acids is 1. The molecule has 0 amide bonds. The van der Waals surface area contributed by atoms with Crippen LogP contribution in [-0.2, 0) is 17.4 Å². The normalized spacial score (nSPS) is 26.6. The highest BCUT2D eigenvalue weighted by molar-refractivity contribution is 6.32. The highest BCUT2D eigenvalue weighted by Gasteiger charge is 2.54. The lowest BCUT2D eigenvalue weighted by atomic mass is 9.59. The average Bonchev–Trinajstić information content (AvgIpc) is 3.07. The smallest absolute Gasteiger partial charge is 0.416 e. The number of hydrogen-bond donors (Lipinski definition) is 1. The Morgan fingerprint density at radius 2 is 1.70 bits per heavy atom. The van der Waals surface area contributed by atoms with Crippen molar-refractivity contribution >= 4 is 23.0 Å². The van der Waals surface area contributed by atoms with Crippen LogP contribution in [0.4, 0.5) is 13.2 Å². The molecule has 174 valence electrons. The first-order valence-electron chi connectivity index (χ1n) is 11.3. The number of aliphatic hydroxyl groups excluding tert-OH is 1. The van der Waals surface area contributed by atoms with Crippen LogP contribution >= 0.6 is 11.6 Å². The van der Waals surface area contributed by atoms with E-state index < -0.39 is 11.7 Å². The molecule has 2 unspecified atom stereocenters. The van der Waals surface area contributed by atoms with Gasteiger partial charge in [-0.3, -0.25) is 4.79 Å². The fraction of sp³-hybridized carbons (Fsp3) is 0.423. The van der Waals surface area contributed by atoms with Crippen LogP contribution < -0.4 is 4.74 Å². The van der Waals surface area contributed by atoms with E-state index in [1.54, 1.807) is 12.1 Å². The molecule has 3 saturated carbocycles. The van der Waals surface area contributed by atoms with Crippen LogP contribution in [0, 0.1) is 23.7 Å². The Labute approximate surface area is 195 Å². The Morgan fingerprint density at radius 3 is 2.27 bits per heavy atom. The zero-order valence-corrected chi connectivity index (χ0v) is 18.8. The third-order valence-corrected chi connectivity index (χ3v) is 7.85. The SMILES string of the molecule is CCc1ccc(Oc2ccc(C(F)(F)F)cc2Cl)cc1C1=C(O)C2C3CCC(CC3)C2C1=O. The Balaban J connectivity index is 1.51. The van der Waals surface area contributed by atoms with E-state index in [4.69, 9.17) is 16.3 Å². The minimum Gasteiger partial charge on any atom is -0.511 e. The van der Waals surface area contributed by atoms with Crippen LogP contribution in [0.1, 0.15) is 49.3 Å². The Hall–Kier alpha value is -2.47. The number of allylic oxidation sites excluding steroid dienone is 2. The van der Waals surface area contributed by atoms with Crippen LogP contribution in [0.3, 0.4) is 0 Å². The summed E-state index contributed by atoms with van der Waals surface area (Å²) in [4.78, 5) is 13.5. The van der Waals surface area contributed by atoms with Gasteiger partial charge in [0, 0.05) is 11.8 Å². The molecule has 4 aliphatic carbocycles. The standard InChI is InChI=1S/C26H24ClF3O3/c1-2-13-7-9-17(33-20-10-8-16(11-19(20)27)26(28,29)30)12-18(13)23-24(31)21-14-3-4-15(6-5-14)22(21)25(23)32/h7-12,14-15,21-22,31H,2-6H2,1H3. The molecule has 2 atom stereocenters. The van der Waals surface area contributed by atoms with E-state index >= 15 is 0 Å². The maximum atomic E-state index is 13.5. The molecule has 3 nitrogen and oxygen atoms in total. The molecular weight excluding hydrogens is 453 g/mol. The molecule has 0 saturated heterocycles. The molecule has 0 radical (unpaired) electrons. The quantitative estimate of drug-likeness (QED) is 0.493. The molecule has 0 heterocycles. The number of ether oxygens (including phenoxy) is 1. The maximum absolute atomic E-state index is 13.5. The van der Waals surface area contributed by atoms with Crippen LogP contribution in [0.25, 0.3) is 5.57 Å². The number of aryl methyl sites for hydroxylation is 1. The van der Waals surface area contributed by atoms with E-state index in [-0.39, 0.29) is 34.2 Å². The molecule has 0 aromatic heterocycles. The third kappa shape index (κ3) is 3.72. The van der Waals surface area contributed by atoms with Gasteiger partial charge in [-0.25, -0.2) is 0 Å². The van der Waals surface area contributed by atoms with Crippen LogP contribution in [-0.4, -0.2) is 10.9 Å². The van der Waals surface area contributed by atoms with Crippen molar-refractivity contribution in [1.29, 1.82) is 0 Å². The molecule has 2 aromatic rings. The average molecular weight is 477 g/mol. The summed E-state index contributed by atoms with van der Waals surface area (Å²) in [5.41, 5.74) is 1.06. The van der Waals surface area contributed by atoms with Crippen molar-refractivity contribution in [2.24, 2.45) is 23.7 Å². The van der Waals surface area contributed by atoms with Gasteiger partial charge in [-0.2, -0.15) is 13.2 Å². The highest BCUT2D eigenvalue weighted by atomic mass is 35.5. The van der Waals surface area contributed by atoms with Gasteiger partial charge in [-0.1, -0.05) is 24.6 Å². The number of aliphatic hydroxyl groups is 1. The second kappa shape index (κ2) is 8.08. The molecule has 2 aromatic carbocycles. The van der Waals surface area contributed by atoms with Crippen molar-refractivity contribution in [3.8, 4) is 11.5 Å². The van der Waals surface area contributed by atoms with Gasteiger partial charge in [-0.15, -0.1) is 0 Å². The maximum Gasteiger partial charge on any atom is 0.416 e. The van der Waals surface area contributed by atoms with Crippen LogP contribution in [0.2, 0.25) is 5.02 Å². The van der Waals surface area contributed by atoms with Gasteiger partial charge in [0.15, 0.2) is 5.78 Å².